The summed E-state index contributed by atoms with van der Waals surface area (Å²) in [7, 11) is -4.61. The van der Waals surface area contributed by atoms with Crippen LogP contribution in [-0.2, 0) is 32.7 Å². The molecule has 0 saturated heterocycles. The van der Waals surface area contributed by atoms with Gasteiger partial charge in [0.2, 0.25) is 0 Å². The Morgan fingerprint density at radius 3 is 1.51 bits per heavy atom. The Hall–Kier alpha value is -1.55. The SMILES string of the molecule is CCCCC/C=C\CCCCCCCC(=O)OCC(COP(=O)(O)OCC(O)CO)OC(=O)CCCCCCC/C=C\CCCCCCC. The molecule has 0 fully saturated rings. The summed E-state index contributed by atoms with van der Waals surface area (Å²) in [5.41, 5.74) is 0. The van der Waals surface area contributed by atoms with E-state index in [0.717, 1.165) is 77.0 Å². The maximum absolute atomic E-state index is 12.5. The van der Waals surface area contributed by atoms with Gasteiger partial charge in [0.25, 0.3) is 0 Å². The minimum Gasteiger partial charge on any atom is -0.462 e. The van der Waals surface area contributed by atoms with Crippen LogP contribution in [0.15, 0.2) is 24.3 Å². The molecule has 0 aliphatic carbocycles. The largest absolute Gasteiger partial charge is 0.472 e. The summed E-state index contributed by atoms with van der Waals surface area (Å²) in [6, 6.07) is 0. The molecule has 0 saturated carbocycles. The third-order valence-electron chi connectivity index (χ3n) is 8.08. The third kappa shape index (κ3) is 34.7. The Balaban J connectivity index is 4.39. The molecule has 0 heterocycles. The van der Waals surface area contributed by atoms with Gasteiger partial charge in [-0.05, 0) is 64.2 Å². The zero-order valence-electron chi connectivity index (χ0n) is 30.9. The number of phosphoric ester groups is 1. The first-order chi connectivity index (χ1) is 23.7. The number of carbonyl (C=O) groups excluding carboxylic acids is 2. The lowest BCUT2D eigenvalue weighted by molar-refractivity contribution is -0.161. The summed E-state index contributed by atoms with van der Waals surface area (Å²) < 4.78 is 32.6. The predicted molar refractivity (Wildman–Crippen MR) is 196 cm³/mol. The maximum atomic E-state index is 12.5. The van der Waals surface area contributed by atoms with Crippen molar-refractivity contribution in [3.63, 3.8) is 0 Å². The van der Waals surface area contributed by atoms with Gasteiger partial charge in [-0.15, -0.1) is 0 Å². The fraction of sp³-hybridized carbons (Fsp3) is 0.842. The third-order valence-corrected chi connectivity index (χ3v) is 9.03. The standard InChI is InChI=1S/C38H71O10P/c1-3-5-7-9-11-13-15-17-18-20-22-24-26-28-30-38(42)48-36(34-47-49(43,44)46-32-35(40)31-39)33-45-37(41)29-27-25-23-21-19-16-14-12-10-8-6-4-2/h12,14-15,17,35-36,39-40H,3-11,13,16,18-34H2,1-2H3,(H,43,44)/b14-12-,17-15-. The van der Waals surface area contributed by atoms with Crippen molar-refractivity contribution in [2.45, 2.75) is 180 Å². The molecule has 0 rings (SSSR count). The lowest BCUT2D eigenvalue weighted by Gasteiger charge is -2.20. The minimum absolute atomic E-state index is 0.174. The molecular weight excluding hydrogens is 647 g/mol. The number of esters is 2. The van der Waals surface area contributed by atoms with E-state index in [4.69, 9.17) is 19.1 Å². The molecule has 3 atom stereocenters. The number of phosphoric acid groups is 1. The van der Waals surface area contributed by atoms with E-state index in [1.807, 2.05) is 0 Å². The molecule has 0 bridgehead atoms. The Morgan fingerprint density at radius 2 is 1.00 bits per heavy atom. The zero-order valence-corrected chi connectivity index (χ0v) is 31.8. The monoisotopic (exact) mass is 718 g/mol. The molecule has 0 spiro atoms. The van der Waals surface area contributed by atoms with Crippen LogP contribution < -0.4 is 0 Å². The van der Waals surface area contributed by atoms with Gasteiger partial charge in [0, 0.05) is 12.8 Å². The molecule has 0 aliphatic rings. The summed E-state index contributed by atoms with van der Waals surface area (Å²) in [6.07, 6.45) is 31.4. The second kappa shape index (κ2) is 34.9. The molecule has 0 aliphatic heterocycles. The van der Waals surface area contributed by atoms with Gasteiger partial charge in [0.1, 0.15) is 12.7 Å². The van der Waals surface area contributed by atoms with Crippen LogP contribution in [0, 0.1) is 0 Å². The molecule has 0 aromatic carbocycles. The normalized spacial score (nSPS) is 14.3. The van der Waals surface area contributed by atoms with Crippen molar-refractivity contribution >= 4 is 19.8 Å². The van der Waals surface area contributed by atoms with Crippen LogP contribution in [0.5, 0.6) is 0 Å². The average Bonchev–Trinajstić information content (AvgIpc) is 3.09. The van der Waals surface area contributed by atoms with Crippen LogP contribution in [-0.4, -0.2) is 65.7 Å². The van der Waals surface area contributed by atoms with E-state index in [2.05, 4.69) is 42.7 Å². The highest BCUT2D eigenvalue weighted by Crippen LogP contribution is 2.43. The molecule has 0 aromatic rings. The molecule has 288 valence electrons. The highest BCUT2D eigenvalue weighted by atomic mass is 31.2. The van der Waals surface area contributed by atoms with Crippen molar-refractivity contribution in [1.29, 1.82) is 0 Å². The molecule has 0 aromatic heterocycles. The number of hydrogen-bond acceptors (Lipinski definition) is 9. The number of unbranched alkanes of at least 4 members (excludes halogenated alkanes) is 18. The number of allylic oxidation sites excluding steroid dienone is 4. The van der Waals surface area contributed by atoms with E-state index in [0.29, 0.717) is 12.8 Å². The predicted octanol–water partition coefficient (Wildman–Crippen LogP) is 9.44. The Labute approximate surface area is 298 Å². The van der Waals surface area contributed by atoms with E-state index in [9.17, 15) is 24.2 Å². The Morgan fingerprint density at radius 1 is 0.592 bits per heavy atom. The second-order valence-electron chi connectivity index (χ2n) is 12.9. The van der Waals surface area contributed by atoms with Gasteiger partial charge in [-0.25, -0.2) is 4.57 Å². The van der Waals surface area contributed by atoms with Gasteiger partial charge >= 0.3 is 19.8 Å². The van der Waals surface area contributed by atoms with E-state index >= 15 is 0 Å². The summed E-state index contributed by atoms with van der Waals surface area (Å²) >= 11 is 0. The van der Waals surface area contributed by atoms with Crippen LogP contribution in [0.3, 0.4) is 0 Å². The van der Waals surface area contributed by atoms with E-state index in [-0.39, 0.29) is 19.4 Å². The zero-order chi connectivity index (χ0) is 36.3. The molecule has 10 nitrogen and oxygen atoms in total. The van der Waals surface area contributed by atoms with Crippen molar-refractivity contribution in [3.8, 4) is 0 Å². The number of ether oxygens (including phenoxy) is 2. The molecule has 3 unspecified atom stereocenters. The maximum Gasteiger partial charge on any atom is 0.472 e. The molecule has 49 heavy (non-hydrogen) atoms. The van der Waals surface area contributed by atoms with Gasteiger partial charge in [0.15, 0.2) is 6.10 Å². The van der Waals surface area contributed by atoms with Gasteiger partial charge in [-0.1, -0.05) is 115 Å². The number of aliphatic hydroxyl groups is 2. The first kappa shape index (κ1) is 47.4. The molecular formula is C38H71O10P. The summed E-state index contributed by atoms with van der Waals surface area (Å²) in [5, 5.41) is 18.3. The Kier molecular flexibility index (Phi) is 33.8. The number of aliphatic hydroxyl groups excluding tert-OH is 2. The summed E-state index contributed by atoms with van der Waals surface area (Å²) in [5.74, 6) is -0.945. The van der Waals surface area contributed by atoms with Gasteiger partial charge in [-0.3, -0.25) is 18.6 Å². The minimum atomic E-state index is -4.61. The average molecular weight is 719 g/mol. The van der Waals surface area contributed by atoms with Crippen molar-refractivity contribution in [2.24, 2.45) is 0 Å². The van der Waals surface area contributed by atoms with Crippen molar-refractivity contribution < 1.29 is 47.8 Å². The van der Waals surface area contributed by atoms with Crippen molar-refractivity contribution in [1.82, 2.24) is 0 Å². The fourth-order valence-electron chi connectivity index (χ4n) is 5.04. The van der Waals surface area contributed by atoms with Crippen LogP contribution in [0.1, 0.15) is 168 Å². The van der Waals surface area contributed by atoms with Crippen molar-refractivity contribution in [3.05, 3.63) is 24.3 Å². The topological polar surface area (TPSA) is 149 Å². The van der Waals surface area contributed by atoms with Crippen LogP contribution in [0.25, 0.3) is 0 Å². The molecule has 11 heteroatoms. The van der Waals surface area contributed by atoms with Crippen LogP contribution >= 0.6 is 7.82 Å². The van der Waals surface area contributed by atoms with Gasteiger partial charge in [-0.2, -0.15) is 0 Å². The van der Waals surface area contributed by atoms with E-state index in [1.165, 1.54) is 51.4 Å². The van der Waals surface area contributed by atoms with Gasteiger partial charge < -0.3 is 24.6 Å². The first-order valence-electron chi connectivity index (χ1n) is 19.3. The first-order valence-corrected chi connectivity index (χ1v) is 20.8. The van der Waals surface area contributed by atoms with Crippen LogP contribution in [0.4, 0.5) is 0 Å². The number of rotatable bonds is 36. The van der Waals surface area contributed by atoms with E-state index < -0.39 is 51.8 Å². The summed E-state index contributed by atoms with van der Waals surface area (Å²) in [4.78, 5) is 34.8. The Bertz CT molecular complexity index is 879. The summed E-state index contributed by atoms with van der Waals surface area (Å²) in [6.45, 7) is 2.31. The lowest BCUT2D eigenvalue weighted by atomic mass is 10.1. The van der Waals surface area contributed by atoms with Crippen molar-refractivity contribution in [2.75, 3.05) is 26.4 Å². The fourth-order valence-corrected chi connectivity index (χ4v) is 5.83. The van der Waals surface area contributed by atoms with Crippen LogP contribution in [0.2, 0.25) is 0 Å². The second-order valence-corrected chi connectivity index (χ2v) is 14.4. The van der Waals surface area contributed by atoms with Gasteiger partial charge in [0.05, 0.1) is 19.8 Å². The highest BCUT2D eigenvalue weighted by molar-refractivity contribution is 7.47. The highest BCUT2D eigenvalue weighted by Gasteiger charge is 2.27. The molecule has 3 N–H and O–H groups in total. The smallest absolute Gasteiger partial charge is 0.462 e. The quantitative estimate of drug-likeness (QED) is 0.0248. The molecule has 0 radical (unpaired) electrons. The lowest BCUT2D eigenvalue weighted by Crippen LogP contribution is -2.29. The molecule has 0 amide bonds. The van der Waals surface area contributed by atoms with E-state index in [1.54, 1.807) is 0 Å². The number of hydrogen-bond donors (Lipinski definition) is 3. The number of carbonyl (C=O) groups is 2.